The van der Waals surface area contributed by atoms with Gasteiger partial charge in [0, 0.05) is 6.07 Å². The third-order valence-corrected chi connectivity index (χ3v) is 1.58. The Labute approximate surface area is 80.3 Å². The Kier molecular flexibility index (Phi) is 3.75. The molecule has 0 bridgehead atoms. The van der Waals surface area contributed by atoms with Crippen LogP contribution >= 0.6 is 0 Å². The molecule has 14 heavy (non-hydrogen) atoms. The number of hydrogen-bond acceptors (Lipinski definition) is 5. The van der Waals surface area contributed by atoms with Gasteiger partial charge in [0.15, 0.2) is 6.29 Å². The smallest absolute Gasteiger partial charge is 0.153 e. The van der Waals surface area contributed by atoms with E-state index in [-0.39, 0.29) is 24.7 Å². The Morgan fingerprint density at radius 1 is 1.50 bits per heavy atom. The van der Waals surface area contributed by atoms with Crippen molar-refractivity contribution in [2.45, 2.75) is 0 Å². The first-order chi connectivity index (χ1) is 6.81. The van der Waals surface area contributed by atoms with Gasteiger partial charge in [0.2, 0.25) is 0 Å². The molecular formula is C9H9NO4. The Balaban J connectivity index is 2.95. The van der Waals surface area contributed by atoms with Crippen LogP contribution in [-0.4, -0.2) is 24.6 Å². The quantitative estimate of drug-likeness (QED) is 0.567. The lowest BCUT2D eigenvalue weighted by molar-refractivity contribution is 0.111. The van der Waals surface area contributed by atoms with Crippen molar-refractivity contribution in [2.75, 3.05) is 13.2 Å². The molecule has 1 N–H and O–H groups in total. The van der Waals surface area contributed by atoms with E-state index in [1.54, 1.807) is 0 Å². The molecule has 0 aromatic heterocycles. The van der Waals surface area contributed by atoms with Crippen LogP contribution in [0.25, 0.3) is 0 Å². The predicted molar refractivity (Wildman–Crippen MR) is 49.9 cm³/mol. The molecule has 5 nitrogen and oxygen atoms in total. The number of benzene rings is 1. The maximum absolute atomic E-state index is 10.5. The van der Waals surface area contributed by atoms with Crippen LogP contribution in [0.15, 0.2) is 23.4 Å². The van der Waals surface area contributed by atoms with Crippen molar-refractivity contribution in [2.24, 2.45) is 5.18 Å². The Bertz CT molecular complexity index is 338. The van der Waals surface area contributed by atoms with Gasteiger partial charge in [0.1, 0.15) is 18.0 Å². The number of aldehydes is 1. The van der Waals surface area contributed by atoms with Gasteiger partial charge < -0.3 is 9.84 Å². The summed E-state index contributed by atoms with van der Waals surface area (Å²) in [5, 5.41) is 11.2. The molecule has 1 aromatic rings. The van der Waals surface area contributed by atoms with E-state index in [4.69, 9.17) is 9.84 Å². The molecule has 0 fully saturated rings. The lowest BCUT2D eigenvalue weighted by atomic mass is 10.2. The number of carbonyl (C=O) groups is 1. The number of rotatable bonds is 5. The SMILES string of the molecule is O=Cc1ccc(N=O)cc1OCCO. The fraction of sp³-hybridized carbons (Fsp3) is 0.222. The second-order valence-electron chi connectivity index (χ2n) is 2.50. The summed E-state index contributed by atoms with van der Waals surface area (Å²) >= 11 is 0. The summed E-state index contributed by atoms with van der Waals surface area (Å²) < 4.78 is 5.04. The Hall–Kier alpha value is -1.75. The maximum Gasteiger partial charge on any atom is 0.153 e. The molecule has 74 valence electrons. The molecule has 1 rings (SSSR count). The van der Waals surface area contributed by atoms with E-state index in [0.29, 0.717) is 11.8 Å². The molecule has 0 aliphatic heterocycles. The van der Waals surface area contributed by atoms with Gasteiger partial charge in [-0.1, -0.05) is 0 Å². The number of carbonyl (C=O) groups excluding carboxylic acids is 1. The van der Waals surface area contributed by atoms with Crippen LogP contribution in [0.5, 0.6) is 5.75 Å². The highest BCUT2D eigenvalue weighted by Gasteiger charge is 2.04. The summed E-state index contributed by atoms with van der Waals surface area (Å²) in [5.41, 5.74) is 0.509. The minimum absolute atomic E-state index is 0.0726. The molecule has 0 atom stereocenters. The van der Waals surface area contributed by atoms with Crippen LogP contribution < -0.4 is 4.74 Å². The molecule has 0 saturated carbocycles. The van der Waals surface area contributed by atoms with Crippen LogP contribution in [0.4, 0.5) is 5.69 Å². The Morgan fingerprint density at radius 2 is 2.29 bits per heavy atom. The molecular weight excluding hydrogens is 186 g/mol. The second-order valence-corrected chi connectivity index (χ2v) is 2.50. The molecule has 0 spiro atoms. The van der Waals surface area contributed by atoms with Crippen LogP contribution in [0.1, 0.15) is 10.4 Å². The lowest BCUT2D eigenvalue weighted by Gasteiger charge is -2.06. The van der Waals surface area contributed by atoms with E-state index in [2.05, 4.69) is 5.18 Å². The van der Waals surface area contributed by atoms with E-state index in [1.807, 2.05) is 0 Å². The zero-order chi connectivity index (χ0) is 10.4. The number of nitroso groups, excluding NO2 is 1. The molecule has 0 amide bonds. The van der Waals surface area contributed by atoms with Gasteiger partial charge in [0.05, 0.1) is 12.2 Å². The van der Waals surface area contributed by atoms with E-state index in [1.165, 1.54) is 18.2 Å². The highest BCUT2D eigenvalue weighted by atomic mass is 16.5. The van der Waals surface area contributed by atoms with Gasteiger partial charge in [-0.05, 0) is 17.3 Å². The highest BCUT2D eigenvalue weighted by Crippen LogP contribution is 2.23. The van der Waals surface area contributed by atoms with Crippen molar-refractivity contribution in [1.29, 1.82) is 0 Å². The normalized spacial score (nSPS) is 9.50. The molecule has 1 aromatic carbocycles. The van der Waals surface area contributed by atoms with Crippen LogP contribution in [0.3, 0.4) is 0 Å². The van der Waals surface area contributed by atoms with Crippen molar-refractivity contribution in [3.05, 3.63) is 28.7 Å². The highest BCUT2D eigenvalue weighted by molar-refractivity contribution is 5.80. The standard InChI is InChI=1S/C9H9NO4/c11-3-4-14-9-5-8(10-13)2-1-7(9)6-12/h1-2,5-6,11H,3-4H2. The van der Waals surface area contributed by atoms with Crippen LogP contribution in [0, 0.1) is 4.91 Å². The van der Waals surface area contributed by atoms with Crippen LogP contribution in [0.2, 0.25) is 0 Å². The lowest BCUT2D eigenvalue weighted by Crippen LogP contribution is -2.03. The van der Waals surface area contributed by atoms with Crippen molar-refractivity contribution in [3.63, 3.8) is 0 Å². The first-order valence-corrected chi connectivity index (χ1v) is 3.98. The van der Waals surface area contributed by atoms with E-state index in [9.17, 15) is 9.70 Å². The summed E-state index contributed by atoms with van der Waals surface area (Å²) in [6.45, 7) is -0.0831. The van der Waals surface area contributed by atoms with E-state index in [0.717, 1.165) is 0 Å². The van der Waals surface area contributed by atoms with Crippen molar-refractivity contribution >= 4 is 12.0 Å². The molecule has 0 aliphatic carbocycles. The molecule has 0 heterocycles. The fourth-order valence-corrected chi connectivity index (χ4v) is 0.958. The zero-order valence-corrected chi connectivity index (χ0v) is 7.34. The third-order valence-electron chi connectivity index (χ3n) is 1.58. The summed E-state index contributed by atoms with van der Waals surface area (Å²) in [5.74, 6) is 0.256. The topological polar surface area (TPSA) is 76.0 Å². The van der Waals surface area contributed by atoms with Crippen molar-refractivity contribution in [1.82, 2.24) is 0 Å². The largest absolute Gasteiger partial charge is 0.490 e. The number of aliphatic hydroxyl groups excluding tert-OH is 1. The molecule has 0 unspecified atom stereocenters. The van der Waals surface area contributed by atoms with Crippen molar-refractivity contribution in [3.8, 4) is 5.75 Å². The first-order valence-electron chi connectivity index (χ1n) is 3.98. The van der Waals surface area contributed by atoms with Gasteiger partial charge in [-0.25, -0.2) is 0 Å². The van der Waals surface area contributed by atoms with Gasteiger partial charge >= 0.3 is 0 Å². The van der Waals surface area contributed by atoms with Gasteiger partial charge in [-0.3, -0.25) is 4.79 Å². The first kappa shape index (κ1) is 10.3. The molecule has 0 radical (unpaired) electrons. The minimum Gasteiger partial charge on any atom is -0.490 e. The predicted octanol–water partition coefficient (Wildman–Crippen LogP) is 1.27. The summed E-state index contributed by atoms with van der Waals surface area (Å²) in [6, 6.07) is 4.21. The second kappa shape index (κ2) is 5.08. The monoisotopic (exact) mass is 195 g/mol. The maximum atomic E-state index is 10.5. The average Bonchev–Trinajstić information content (AvgIpc) is 2.25. The zero-order valence-electron chi connectivity index (χ0n) is 7.34. The number of ether oxygens (including phenoxy) is 1. The summed E-state index contributed by atoms with van der Waals surface area (Å²) in [4.78, 5) is 20.7. The Morgan fingerprint density at radius 3 is 2.86 bits per heavy atom. The van der Waals surface area contributed by atoms with Gasteiger partial charge in [0.25, 0.3) is 0 Å². The average molecular weight is 195 g/mol. The summed E-state index contributed by atoms with van der Waals surface area (Å²) in [7, 11) is 0. The summed E-state index contributed by atoms with van der Waals surface area (Å²) in [6.07, 6.45) is 0.612. The molecule has 0 aliphatic rings. The molecule has 5 heteroatoms. The van der Waals surface area contributed by atoms with Gasteiger partial charge in [-0.15, -0.1) is 4.91 Å². The van der Waals surface area contributed by atoms with E-state index < -0.39 is 0 Å². The van der Waals surface area contributed by atoms with E-state index >= 15 is 0 Å². The van der Waals surface area contributed by atoms with Gasteiger partial charge in [-0.2, -0.15) is 0 Å². The number of nitrogens with zero attached hydrogens (tertiary/aromatic N) is 1. The number of aliphatic hydroxyl groups is 1. The van der Waals surface area contributed by atoms with Crippen LogP contribution in [-0.2, 0) is 0 Å². The third kappa shape index (κ3) is 2.37. The van der Waals surface area contributed by atoms with Crippen molar-refractivity contribution < 1.29 is 14.6 Å². The minimum atomic E-state index is -0.156. The number of hydrogen-bond donors (Lipinski definition) is 1. The fourth-order valence-electron chi connectivity index (χ4n) is 0.958. The molecule has 0 saturated heterocycles.